The molecule has 0 aliphatic heterocycles. The highest BCUT2D eigenvalue weighted by molar-refractivity contribution is 5.83. The fraction of sp³-hybridized carbons (Fsp3) is 0.500. The van der Waals surface area contributed by atoms with Crippen LogP contribution in [0.5, 0.6) is 0 Å². The average molecular weight is 312 g/mol. The van der Waals surface area contributed by atoms with Crippen LogP contribution in [0.3, 0.4) is 0 Å². The van der Waals surface area contributed by atoms with Gasteiger partial charge in [-0.25, -0.2) is 0 Å². The summed E-state index contributed by atoms with van der Waals surface area (Å²) in [7, 11) is 0. The number of rotatable bonds is 5. The molecular weight excluding hydrogens is 288 g/mol. The van der Waals surface area contributed by atoms with E-state index in [1.807, 2.05) is 28.8 Å². The van der Waals surface area contributed by atoms with Crippen molar-refractivity contribution < 1.29 is 4.79 Å². The lowest BCUT2D eigenvalue weighted by molar-refractivity contribution is -0.123. The topological polar surface area (TPSA) is 59.3 Å². The zero-order valence-electron chi connectivity index (χ0n) is 14.2. The Kier molecular flexibility index (Phi) is 3.96. The van der Waals surface area contributed by atoms with Crippen LogP contribution >= 0.6 is 0 Å². The molecule has 1 amide bonds. The molecule has 5 heteroatoms. The molecule has 1 aliphatic carbocycles. The first-order valence-corrected chi connectivity index (χ1v) is 8.12. The summed E-state index contributed by atoms with van der Waals surface area (Å²) >= 11 is 0. The van der Waals surface area contributed by atoms with Crippen LogP contribution in [0, 0.1) is 17.3 Å². The number of pyridine rings is 1. The minimum absolute atomic E-state index is 0.0584. The molecule has 1 fully saturated rings. The Hall–Kier alpha value is -2.17. The zero-order valence-corrected chi connectivity index (χ0v) is 14.2. The van der Waals surface area contributed by atoms with Crippen LogP contribution in [0.15, 0.2) is 36.0 Å². The Bertz CT molecular complexity index is 755. The lowest BCUT2D eigenvalue weighted by Gasteiger charge is -2.05. The zero-order chi connectivity index (χ0) is 16.6. The Morgan fingerprint density at radius 1 is 1.35 bits per heavy atom. The van der Waals surface area contributed by atoms with Crippen LogP contribution in [0.4, 0.5) is 0 Å². The van der Waals surface area contributed by atoms with Crippen LogP contribution in [-0.2, 0) is 11.2 Å². The summed E-state index contributed by atoms with van der Waals surface area (Å²) in [5.41, 5.74) is 2.16. The first-order chi connectivity index (χ1) is 10.9. The second-order valence-electron chi connectivity index (χ2n) is 7.15. The van der Waals surface area contributed by atoms with Crippen molar-refractivity contribution in [1.29, 1.82) is 0 Å². The van der Waals surface area contributed by atoms with Crippen molar-refractivity contribution in [1.82, 2.24) is 19.9 Å². The number of hydrogen-bond acceptors (Lipinski definition) is 3. The van der Waals surface area contributed by atoms with Crippen molar-refractivity contribution in [3.05, 3.63) is 41.9 Å². The molecule has 2 aromatic heterocycles. The molecule has 2 unspecified atom stereocenters. The smallest absolute Gasteiger partial charge is 0.224 e. The van der Waals surface area contributed by atoms with E-state index in [2.05, 4.69) is 49.3 Å². The maximum Gasteiger partial charge on any atom is 0.224 e. The molecule has 2 aromatic rings. The van der Waals surface area contributed by atoms with Gasteiger partial charge in [-0.05, 0) is 37.3 Å². The van der Waals surface area contributed by atoms with Gasteiger partial charge in [-0.1, -0.05) is 31.6 Å². The van der Waals surface area contributed by atoms with Crippen LogP contribution in [0.25, 0.3) is 5.65 Å². The predicted molar refractivity (Wildman–Crippen MR) is 89.9 cm³/mol. The molecule has 0 aromatic carbocycles. The molecule has 1 N–H and O–H groups in total. The van der Waals surface area contributed by atoms with Gasteiger partial charge in [-0.2, -0.15) is 0 Å². The quantitative estimate of drug-likeness (QED) is 0.863. The lowest BCUT2D eigenvalue weighted by atomic mass is 10.1. The molecule has 0 bridgehead atoms. The van der Waals surface area contributed by atoms with Crippen molar-refractivity contribution in [3.63, 3.8) is 0 Å². The fourth-order valence-electron chi connectivity index (χ4n) is 3.32. The Labute approximate surface area is 136 Å². The van der Waals surface area contributed by atoms with Gasteiger partial charge in [-0.3, -0.25) is 9.20 Å². The lowest BCUT2D eigenvalue weighted by Crippen LogP contribution is -2.29. The van der Waals surface area contributed by atoms with E-state index in [0.717, 1.165) is 11.5 Å². The standard InChI is InChI=1S/C18H24N4O/c1-12(2)11-13-16(18(13,3)4)17(23)19-9-8-15-21-20-14-7-5-6-10-22(14)15/h5-7,10-11,13,16H,8-9H2,1-4H3,(H,19,23). The van der Waals surface area contributed by atoms with Gasteiger partial charge in [0.05, 0.1) is 5.92 Å². The number of carbonyl (C=O) groups is 1. The third kappa shape index (κ3) is 3.00. The number of hydrogen-bond donors (Lipinski definition) is 1. The molecule has 0 saturated heterocycles. The molecule has 122 valence electrons. The maximum absolute atomic E-state index is 12.4. The fourth-order valence-corrected chi connectivity index (χ4v) is 3.32. The molecule has 2 atom stereocenters. The summed E-state index contributed by atoms with van der Waals surface area (Å²) in [6.07, 6.45) is 4.84. The van der Waals surface area contributed by atoms with Crippen molar-refractivity contribution >= 4 is 11.6 Å². The van der Waals surface area contributed by atoms with Gasteiger partial charge >= 0.3 is 0 Å². The highest BCUT2D eigenvalue weighted by Crippen LogP contribution is 2.59. The van der Waals surface area contributed by atoms with Crippen molar-refractivity contribution in [2.45, 2.75) is 34.1 Å². The number of aromatic nitrogens is 3. The second-order valence-corrected chi connectivity index (χ2v) is 7.15. The first-order valence-electron chi connectivity index (χ1n) is 8.12. The summed E-state index contributed by atoms with van der Waals surface area (Å²) in [4.78, 5) is 12.4. The SMILES string of the molecule is CC(C)=CC1C(C(=O)NCCc2nnc3ccccn23)C1(C)C. The molecule has 3 rings (SSSR count). The number of carbonyl (C=O) groups excluding carboxylic acids is 1. The minimum Gasteiger partial charge on any atom is -0.355 e. The molecular formula is C18H24N4O. The van der Waals surface area contributed by atoms with E-state index in [1.54, 1.807) is 0 Å². The van der Waals surface area contributed by atoms with E-state index in [0.29, 0.717) is 18.9 Å². The molecule has 5 nitrogen and oxygen atoms in total. The normalized spacial score (nSPS) is 21.9. The van der Waals surface area contributed by atoms with E-state index in [1.165, 1.54) is 5.57 Å². The highest BCUT2D eigenvalue weighted by atomic mass is 16.2. The summed E-state index contributed by atoms with van der Waals surface area (Å²) in [6.45, 7) is 9.07. The van der Waals surface area contributed by atoms with Gasteiger partial charge in [0.25, 0.3) is 0 Å². The van der Waals surface area contributed by atoms with Crippen LogP contribution < -0.4 is 5.32 Å². The predicted octanol–water partition coefficient (Wildman–Crippen LogP) is 2.63. The highest BCUT2D eigenvalue weighted by Gasteiger charge is 2.60. The maximum atomic E-state index is 12.4. The number of amides is 1. The first kappa shape index (κ1) is 15.7. The van der Waals surface area contributed by atoms with Gasteiger partial charge in [0.15, 0.2) is 5.65 Å². The van der Waals surface area contributed by atoms with Crippen molar-refractivity contribution in [2.75, 3.05) is 6.54 Å². The summed E-state index contributed by atoms with van der Waals surface area (Å²) < 4.78 is 1.96. The molecule has 1 saturated carbocycles. The average Bonchev–Trinajstić information content (AvgIpc) is 2.84. The van der Waals surface area contributed by atoms with E-state index in [4.69, 9.17) is 0 Å². The number of nitrogens with zero attached hydrogens (tertiary/aromatic N) is 3. The molecule has 0 spiro atoms. The van der Waals surface area contributed by atoms with Crippen LogP contribution in [0.2, 0.25) is 0 Å². The van der Waals surface area contributed by atoms with Crippen LogP contribution in [-0.4, -0.2) is 27.0 Å². The van der Waals surface area contributed by atoms with Gasteiger partial charge in [0.2, 0.25) is 5.91 Å². The number of allylic oxidation sites excluding steroid dienone is 2. The van der Waals surface area contributed by atoms with E-state index in [-0.39, 0.29) is 17.2 Å². The van der Waals surface area contributed by atoms with E-state index < -0.39 is 0 Å². The summed E-state index contributed by atoms with van der Waals surface area (Å²) in [6, 6.07) is 5.81. The Morgan fingerprint density at radius 2 is 2.13 bits per heavy atom. The third-order valence-corrected chi connectivity index (χ3v) is 4.74. The Balaban J connectivity index is 1.57. The van der Waals surface area contributed by atoms with Gasteiger partial charge in [0.1, 0.15) is 5.82 Å². The van der Waals surface area contributed by atoms with Crippen LogP contribution in [0.1, 0.15) is 33.5 Å². The van der Waals surface area contributed by atoms with Gasteiger partial charge in [-0.15, -0.1) is 10.2 Å². The molecule has 2 heterocycles. The van der Waals surface area contributed by atoms with Gasteiger partial charge < -0.3 is 5.32 Å². The largest absolute Gasteiger partial charge is 0.355 e. The summed E-state index contributed by atoms with van der Waals surface area (Å²) in [5.74, 6) is 1.44. The number of fused-ring (bicyclic) bond motifs is 1. The summed E-state index contributed by atoms with van der Waals surface area (Å²) in [5, 5.41) is 11.4. The monoisotopic (exact) mass is 312 g/mol. The van der Waals surface area contributed by atoms with Crippen molar-refractivity contribution in [2.24, 2.45) is 17.3 Å². The van der Waals surface area contributed by atoms with Crippen molar-refractivity contribution in [3.8, 4) is 0 Å². The van der Waals surface area contributed by atoms with E-state index >= 15 is 0 Å². The molecule has 23 heavy (non-hydrogen) atoms. The van der Waals surface area contributed by atoms with E-state index in [9.17, 15) is 4.79 Å². The minimum atomic E-state index is 0.0584. The number of nitrogens with one attached hydrogen (secondary N) is 1. The third-order valence-electron chi connectivity index (χ3n) is 4.74. The molecule has 1 aliphatic rings. The Morgan fingerprint density at radius 3 is 2.87 bits per heavy atom. The molecule has 0 radical (unpaired) electrons. The van der Waals surface area contributed by atoms with Gasteiger partial charge in [0, 0.05) is 19.2 Å². The second kappa shape index (κ2) is 5.80.